The van der Waals surface area contributed by atoms with Crippen LogP contribution in [-0.2, 0) is 4.74 Å². The molecule has 0 aromatic carbocycles. The van der Waals surface area contributed by atoms with Crippen LogP contribution in [0.5, 0.6) is 11.6 Å². The molecule has 0 bridgehead atoms. The normalized spacial score (nSPS) is 26.0. The van der Waals surface area contributed by atoms with Gasteiger partial charge in [-0.15, -0.1) is 0 Å². The lowest BCUT2D eigenvalue weighted by atomic mass is 10.1. The van der Waals surface area contributed by atoms with E-state index in [0.29, 0.717) is 12.5 Å². The summed E-state index contributed by atoms with van der Waals surface area (Å²) in [5.41, 5.74) is 0. The summed E-state index contributed by atoms with van der Waals surface area (Å²) >= 11 is 0. The summed E-state index contributed by atoms with van der Waals surface area (Å²) < 4.78 is 17.4. The van der Waals surface area contributed by atoms with Crippen molar-refractivity contribution >= 4 is 5.82 Å². The van der Waals surface area contributed by atoms with Gasteiger partial charge in [0.15, 0.2) is 0 Å². The maximum atomic E-state index is 6.10. The summed E-state index contributed by atoms with van der Waals surface area (Å²) in [4.78, 5) is 14.9. The first kappa shape index (κ1) is 15.1. The maximum absolute atomic E-state index is 6.10. The number of nitrogens with zero attached hydrogens (tertiary/aromatic N) is 4. The topological polar surface area (TPSA) is 69.6 Å². The molecule has 1 saturated heterocycles. The van der Waals surface area contributed by atoms with Crippen molar-refractivity contribution in [2.24, 2.45) is 0 Å². The molecule has 7 nitrogen and oxygen atoms in total. The minimum absolute atomic E-state index is 0.0277. The van der Waals surface area contributed by atoms with Gasteiger partial charge in [0.05, 0.1) is 26.0 Å². The zero-order valence-electron chi connectivity index (χ0n) is 13.5. The summed E-state index contributed by atoms with van der Waals surface area (Å²) in [7, 11) is 1.61. The quantitative estimate of drug-likeness (QED) is 0.846. The van der Waals surface area contributed by atoms with Crippen molar-refractivity contribution in [1.82, 2.24) is 15.0 Å². The smallest absolute Gasteiger partial charge is 0.218 e. The highest BCUT2D eigenvalue weighted by Crippen LogP contribution is 2.35. The van der Waals surface area contributed by atoms with Crippen LogP contribution in [0.25, 0.3) is 0 Å². The van der Waals surface area contributed by atoms with Gasteiger partial charge in [0.2, 0.25) is 5.88 Å². The van der Waals surface area contributed by atoms with E-state index in [1.165, 1.54) is 6.33 Å². The van der Waals surface area contributed by atoms with Crippen LogP contribution in [0.15, 0.2) is 36.9 Å². The first-order valence-electron chi connectivity index (χ1n) is 8.16. The molecule has 2 fully saturated rings. The Morgan fingerprint density at radius 2 is 2.25 bits per heavy atom. The van der Waals surface area contributed by atoms with E-state index in [0.717, 1.165) is 31.0 Å². The van der Waals surface area contributed by atoms with E-state index in [9.17, 15) is 0 Å². The molecule has 2 aromatic heterocycles. The highest BCUT2D eigenvalue weighted by Gasteiger charge is 2.44. The summed E-state index contributed by atoms with van der Waals surface area (Å²) in [6.45, 7) is 1.46. The Balaban J connectivity index is 1.52. The predicted octanol–water partition coefficient (Wildman–Crippen LogP) is 1.70. The van der Waals surface area contributed by atoms with Gasteiger partial charge in [-0.2, -0.15) is 0 Å². The van der Waals surface area contributed by atoms with Crippen LogP contribution in [0.2, 0.25) is 0 Å². The first-order chi connectivity index (χ1) is 11.8. The van der Waals surface area contributed by atoms with Crippen molar-refractivity contribution in [2.75, 3.05) is 25.2 Å². The van der Waals surface area contributed by atoms with Crippen molar-refractivity contribution in [1.29, 1.82) is 0 Å². The fourth-order valence-electron chi connectivity index (χ4n) is 3.52. The second-order valence-electron chi connectivity index (χ2n) is 5.94. The van der Waals surface area contributed by atoms with Crippen molar-refractivity contribution in [2.45, 2.75) is 31.1 Å². The number of hydrogen-bond acceptors (Lipinski definition) is 7. The molecule has 0 amide bonds. The van der Waals surface area contributed by atoms with Crippen molar-refractivity contribution < 1.29 is 14.2 Å². The SMILES string of the molecule is COc1cc(N2CCO[C@H]3[C@H]2CC[C@H]3Oc2cccnc2)ncn1. The second-order valence-corrected chi connectivity index (χ2v) is 5.94. The maximum Gasteiger partial charge on any atom is 0.218 e. The molecule has 3 atom stereocenters. The molecule has 1 saturated carbocycles. The van der Waals surface area contributed by atoms with E-state index in [4.69, 9.17) is 14.2 Å². The molecule has 3 heterocycles. The molecular weight excluding hydrogens is 308 g/mol. The molecule has 24 heavy (non-hydrogen) atoms. The molecule has 0 radical (unpaired) electrons. The van der Waals surface area contributed by atoms with E-state index in [-0.39, 0.29) is 18.2 Å². The Kier molecular flexibility index (Phi) is 4.17. The van der Waals surface area contributed by atoms with Crippen LogP contribution in [-0.4, -0.2) is 53.5 Å². The Labute approximate surface area is 140 Å². The lowest BCUT2D eigenvalue weighted by Gasteiger charge is -2.39. The lowest BCUT2D eigenvalue weighted by Crippen LogP contribution is -2.52. The van der Waals surface area contributed by atoms with Crippen molar-refractivity contribution in [3.8, 4) is 11.6 Å². The van der Waals surface area contributed by atoms with Crippen LogP contribution in [0.4, 0.5) is 5.82 Å². The van der Waals surface area contributed by atoms with Crippen LogP contribution >= 0.6 is 0 Å². The van der Waals surface area contributed by atoms with Crippen LogP contribution < -0.4 is 14.4 Å². The fraction of sp³-hybridized carbons (Fsp3) is 0.471. The number of fused-ring (bicyclic) bond motifs is 1. The molecule has 0 unspecified atom stereocenters. The van der Waals surface area contributed by atoms with Crippen LogP contribution in [0, 0.1) is 0 Å². The van der Waals surface area contributed by atoms with Gasteiger partial charge < -0.3 is 19.1 Å². The van der Waals surface area contributed by atoms with E-state index >= 15 is 0 Å². The van der Waals surface area contributed by atoms with Gasteiger partial charge in [0.1, 0.15) is 30.1 Å². The minimum Gasteiger partial charge on any atom is -0.486 e. The number of ether oxygens (including phenoxy) is 3. The monoisotopic (exact) mass is 328 g/mol. The molecular formula is C17H20N4O3. The van der Waals surface area contributed by atoms with Gasteiger partial charge in [-0.05, 0) is 25.0 Å². The summed E-state index contributed by atoms with van der Waals surface area (Å²) in [6.07, 6.45) is 7.03. The van der Waals surface area contributed by atoms with E-state index in [2.05, 4.69) is 19.9 Å². The Morgan fingerprint density at radius 3 is 3.08 bits per heavy atom. The average molecular weight is 328 g/mol. The Morgan fingerprint density at radius 1 is 1.29 bits per heavy atom. The zero-order valence-corrected chi connectivity index (χ0v) is 13.5. The number of pyridine rings is 1. The highest BCUT2D eigenvalue weighted by molar-refractivity contribution is 5.43. The van der Waals surface area contributed by atoms with Gasteiger partial charge in [0, 0.05) is 18.8 Å². The van der Waals surface area contributed by atoms with Crippen LogP contribution in [0.3, 0.4) is 0 Å². The van der Waals surface area contributed by atoms with Gasteiger partial charge in [-0.3, -0.25) is 4.98 Å². The molecule has 1 aliphatic carbocycles. The Bertz CT molecular complexity index is 685. The predicted molar refractivity (Wildman–Crippen MR) is 87.3 cm³/mol. The van der Waals surface area contributed by atoms with Crippen molar-refractivity contribution in [3.05, 3.63) is 36.9 Å². The second kappa shape index (κ2) is 6.60. The summed E-state index contributed by atoms with van der Waals surface area (Å²) in [6, 6.07) is 5.93. The number of anilines is 1. The third kappa shape index (κ3) is 2.87. The lowest BCUT2D eigenvalue weighted by molar-refractivity contribution is -0.0309. The average Bonchev–Trinajstić information content (AvgIpc) is 3.05. The fourth-order valence-corrected chi connectivity index (χ4v) is 3.52. The molecule has 126 valence electrons. The van der Waals surface area contributed by atoms with Gasteiger partial charge in [-0.1, -0.05) is 0 Å². The molecule has 2 aromatic rings. The minimum atomic E-state index is 0.0277. The van der Waals surface area contributed by atoms with Gasteiger partial charge in [-0.25, -0.2) is 9.97 Å². The summed E-state index contributed by atoms with van der Waals surface area (Å²) in [5.74, 6) is 2.24. The number of rotatable bonds is 4. The molecule has 0 N–H and O–H groups in total. The highest BCUT2D eigenvalue weighted by atomic mass is 16.5. The number of aromatic nitrogens is 3. The van der Waals surface area contributed by atoms with Crippen molar-refractivity contribution in [3.63, 3.8) is 0 Å². The molecule has 1 aliphatic heterocycles. The molecule has 0 spiro atoms. The molecule has 2 aliphatic rings. The molecule has 4 rings (SSSR count). The van der Waals surface area contributed by atoms with Crippen LogP contribution in [0.1, 0.15) is 12.8 Å². The number of methoxy groups -OCH3 is 1. The van der Waals surface area contributed by atoms with Gasteiger partial charge in [0.25, 0.3) is 0 Å². The Hall–Kier alpha value is -2.41. The summed E-state index contributed by atoms with van der Waals surface area (Å²) in [5, 5.41) is 0. The number of hydrogen-bond donors (Lipinski definition) is 0. The molecule has 7 heteroatoms. The largest absolute Gasteiger partial charge is 0.486 e. The van der Waals surface area contributed by atoms with E-state index in [1.807, 2.05) is 18.2 Å². The number of morpholine rings is 1. The van der Waals surface area contributed by atoms with Gasteiger partial charge >= 0.3 is 0 Å². The van der Waals surface area contributed by atoms with E-state index in [1.54, 1.807) is 19.5 Å². The zero-order chi connectivity index (χ0) is 16.4. The third-order valence-corrected chi connectivity index (χ3v) is 4.59. The standard InChI is InChI=1S/C17H20N4O3/c1-22-16-9-15(19-11-20-16)21-7-8-23-17-13(21)4-5-14(17)24-12-3-2-6-18-10-12/h2-3,6,9-11,13-14,17H,4-5,7-8H2,1H3/t13-,14-,17+/m1/s1. The first-order valence-corrected chi connectivity index (χ1v) is 8.16. The van der Waals surface area contributed by atoms with E-state index < -0.39 is 0 Å². The third-order valence-electron chi connectivity index (χ3n) is 4.59.